The fourth-order valence-corrected chi connectivity index (χ4v) is 2.94. The molecule has 0 unspecified atom stereocenters. The number of halogens is 1. The first-order valence-electron chi connectivity index (χ1n) is 7.92. The van der Waals surface area contributed by atoms with Crippen LogP contribution < -0.4 is 10.2 Å². The highest BCUT2D eigenvalue weighted by atomic mass is 35.5. The molecule has 1 N–H and O–H groups in total. The highest BCUT2D eigenvalue weighted by molar-refractivity contribution is 6.33. The topological polar surface area (TPSA) is 15.3 Å². The van der Waals surface area contributed by atoms with Gasteiger partial charge in [-0.1, -0.05) is 31.5 Å². The van der Waals surface area contributed by atoms with E-state index in [1.165, 1.54) is 43.5 Å². The Labute approximate surface area is 127 Å². The molecule has 2 aliphatic carbocycles. The molecule has 0 aliphatic heterocycles. The monoisotopic (exact) mass is 292 g/mol. The summed E-state index contributed by atoms with van der Waals surface area (Å²) in [6.45, 7) is 6.43. The lowest BCUT2D eigenvalue weighted by Crippen LogP contribution is -2.28. The van der Waals surface area contributed by atoms with Crippen LogP contribution in [0, 0.1) is 5.92 Å². The number of nitrogens with one attached hydrogen (secondary N) is 1. The van der Waals surface area contributed by atoms with Crippen LogP contribution in [0.2, 0.25) is 5.02 Å². The third-order valence-electron chi connectivity index (χ3n) is 4.18. The zero-order valence-electron chi connectivity index (χ0n) is 12.5. The SMILES string of the molecule is CC(C)NCc1ccc(N(CC2CC2)C2CC2)c(Cl)c1. The molecule has 0 bridgehead atoms. The van der Waals surface area contributed by atoms with Crippen LogP contribution in [-0.2, 0) is 6.54 Å². The summed E-state index contributed by atoms with van der Waals surface area (Å²) >= 11 is 6.55. The van der Waals surface area contributed by atoms with Crippen LogP contribution in [0.1, 0.15) is 45.1 Å². The smallest absolute Gasteiger partial charge is 0.0642 e. The number of anilines is 1. The molecule has 2 saturated carbocycles. The van der Waals surface area contributed by atoms with Gasteiger partial charge in [-0.15, -0.1) is 0 Å². The summed E-state index contributed by atoms with van der Waals surface area (Å²) in [5.74, 6) is 0.911. The Morgan fingerprint density at radius 3 is 2.55 bits per heavy atom. The molecule has 20 heavy (non-hydrogen) atoms. The number of benzene rings is 1. The number of hydrogen-bond acceptors (Lipinski definition) is 2. The highest BCUT2D eigenvalue weighted by Gasteiger charge is 2.34. The number of nitrogens with zero attached hydrogens (tertiary/aromatic N) is 1. The van der Waals surface area contributed by atoms with Gasteiger partial charge >= 0.3 is 0 Å². The van der Waals surface area contributed by atoms with Gasteiger partial charge in [0.1, 0.15) is 0 Å². The highest BCUT2D eigenvalue weighted by Crippen LogP contribution is 2.40. The van der Waals surface area contributed by atoms with Crippen molar-refractivity contribution in [2.75, 3.05) is 11.4 Å². The van der Waals surface area contributed by atoms with Crippen molar-refractivity contribution in [3.63, 3.8) is 0 Å². The summed E-state index contributed by atoms with van der Waals surface area (Å²) in [6, 6.07) is 7.83. The Morgan fingerprint density at radius 1 is 1.25 bits per heavy atom. The fraction of sp³-hybridized carbons (Fsp3) is 0.647. The van der Waals surface area contributed by atoms with E-state index in [0.717, 1.165) is 23.5 Å². The second kappa shape index (κ2) is 5.95. The average molecular weight is 293 g/mol. The first-order valence-corrected chi connectivity index (χ1v) is 8.29. The van der Waals surface area contributed by atoms with Gasteiger partial charge in [0.2, 0.25) is 0 Å². The Bertz CT molecular complexity index is 464. The molecule has 1 aromatic rings. The van der Waals surface area contributed by atoms with Crippen molar-refractivity contribution >= 4 is 17.3 Å². The van der Waals surface area contributed by atoms with Crippen LogP contribution in [0.5, 0.6) is 0 Å². The minimum atomic E-state index is 0.506. The van der Waals surface area contributed by atoms with Crippen molar-refractivity contribution in [3.05, 3.63) is 28.8 Å². The molecule has 1 aromatic carbocycles. The molecule has 0 heterocycles. The van der Waals surface area contributed by atoms with Crippen molar-refractivity contribution in [2.45, 2.75) is 58.2 Å². The van der Waals surface area contributed by atoms with E-state index in [1.807, 2.05) is 0 Å². The largest absolute Gasteiger partial charge is 0.367 e. The molecule has 0 aromatic heterocycles. The summed E-state index contributed by atoms with van der Waals surface area (Å²) in [5.41, 5.74) is 2.52. The van der Waals surface area contributed by atoms with Crippen LogP contribution in [0.15, 0.2) is 18.2 Å². The first-order chi connectivity index (χ1) is 9.63. The zero-order chi connectivity index (χ0) is 14.1. The molecule has 2 fully saturated rings. The molecule has 2 aliphatic rings. The summed E-state index contributed by atoms with van der Waals surface area (Å²) in [4.78, 5) is 2.56. The van der Waals surface area contributed by atoms with Gasteiger partial charge in [-0.2, -0.15) is 0 Å². The lowest BCUT2D eigenvalue weighted by atomic mass is 10.1. The van der Waals surface area contributed by atoms with E-state index in [-0.39, 0.29) is 0 Å². The maximum Gasteiger partial charge on any atom is 0.0642 e. The number of rotatable bonds is 7. The normalized spacial score (nSPS) is 18.6. The van der Waals surface area contributed by atoms with Crippen LogP contribution in [-0.4, -0.2) is 18.6 Å². The van der Waals surface area contributed by atoms with Crippen molar-refractivity contribution in [1.82, 2.24) is 5.32 Å². The molecular formula is C17H25ClN2. The fourth-order valence-electron chi connectivity index (χ4n) is 2.62. The predicted molar refractivity (Wildman–Crippen MR) is 86.5 cm³/mol. The molecule has 3 heteroatoms. The van der Waals surface area contributed by atoms with E-state index in [4.69, 9.17) is 11.6 Å². The molecule has 110 valence electrons. The molecular weight excluding hydrogens is 268 g/mol. The minimum Gasteiger partial charge on any atom is -0.367 e. The molecule has 0 spiro atoms. The summed E-state index contributed by atoms with van der Waals surface area (Å²) < 4.78 is 0. The lowest BCUT2D eigenvalue weighted by molar-refractivity contribution is 0.589. The quantitative estimate of drug-likeness (QED) is 0.809. The minimum absolute atomic E-state index is 0.506. The first kappa shape index (κ1) is 14.2. The van der Waals surface area contributed by atoms with Crippen molar-refractivity contribution in [1.29, 1.82) is 0 Å². The van der Waals surface area contributed by atoms with Gasteiger partial charge < -0.3 is 10.2 Å². The molecule has 3 rings (SSSR count). The predicted octanol–water partition coefficient (Wildman–Crippen LogP) is 4.22. The van der Waals surface area contributed by atoms with Crippen LogP contribution in [0.25, 0.3) is 0 Å². The van der Waals surface area contributed by atoms with E-state index in [9.17, 15) is 0 Å². The van der Waals surface area contributed by atoms with Crippen molar-refractivity contribution in [3.8, 4) is 0 Å². The Kier molecular flexibility index (Phi) is 4.23. The zero-order valence-corrected chi connectivity index (χ0v) is 13.3. The second-order valence-electron chi connectivity index (χ2n) is 6.65. The Hall–Kier alpha value is -0.730. The van der Waals surface area contributed by atoms with E-state index < -0.39 is 0 Å². The standard InChI is InChI=1S/C17H25ClN2/c1-12(2)19-10-14-5-8-17(16(18)9-14)20(15-6-7-15)11-13-3-4-13/h5,8-9,12-13,15,19H,3-4,6-7,10-11H2,1-2H3. The van der Waals surface area contributed by atoms with Gasteiger partial charge in [-0.05, 0) is 49.3 Å². The third kappa shape index (κ3) is 3.67. The van der Waals surface area contributed by atoms with Crippen LogP contribution in [0.3, 0.4) is 0 Å². The van der Waals surface area contributed by atoms with Crippen LogP contribution in [0.4, 0.5) is 5.69 Å². The molecule has 2 nitrogen and oxygen atoms in total. The summed E-state index contributed by atoms with van der Waals surface area (Å²) in [5, 5.41) is 4.36. The molecule has 0 radical (unpaired) electrons. The van der Waals surface area contributed by atoms with E-state index in [1.54, 1.807) is 0 Å². The van der Waals surface area contributed by atoms with Gasteiger partial charge in [-0.3, -0.25) is 0 Å². The van der Waals surface area contributed by atoms with Crippen molar-refractivity contribution < 1.29 is 0 Å². The van der Waals surface area contributed by atoms with Gasteiger partial charge in [0.15, 0.2) is 0 Å². The van der Waals surface area contributed by atoms with Crippen molar-refractivity contribution in [2.24, 2.45) is 5.92 Å². The van der Waals surface area contributed by atoms with Gasteiger partial charge in [0.05, 0.1) is 10.7 Å². The maximum absolute atomic E-state index is 6.55. The second-order valence-corrected chi connectivity index (χ2v) is 7.06. The summed E-state index contributed by atoms with van der Waals surface area (Å²) in [6.07, 6.45) is 5.47. The maximum atomic E-state index is 6.55. The third-order valence-corrected chi connectivity index (χ3v) is 4.48. The summed E-state index contributed by atoms with van der Waals surface area (Å²) in [7, 11) is 0. The van der Waals surface area contributed by atoms with Gasteiger partial charge in [-0.25, -0.2) is 0 Å². The van der Waals surface area contributed by atoms with E-state index in [0.29, 0.717) is 6.04 Å². The van der Waals surface area contributed by atoms with Crippen LogP contribution >= 0.6 is 11.6 Å². The van der Waals surface area contributed by atoms with Gasteiger partial charge in [0.25, 0.3) is 0 Å². The Morgan fingerprint density at radius 2 is 2.00 bits per heavy atom. The average Bonchev–Trinajstić information content (AvgIpc) is 3.26. The molecule has 0 amide bonds. The van der Waals surface area contributed by atoms with Gasteiger partial charge in [0, 0.05) is 25.2 Å². The lowest BCUT2D eigenvalue weighted by Gasteiger charge is -2.26. The Balaban J connectivity index is 1.71. The van der Waals surface area contributed by atoms with E-state index in [2.05, 4.69) is 42.3 Å². The van der Waals surface area contributed by atoms with E-state index >= 15 is 0 Å². The molecule has 0 atom stereocenters. The number of hydrogen-bond donors (Lipinski definition) is 1. The molecule has 0 saturated heterocycles.